The number of phenols is 1. The molecule has 0 aliphatic heterocycles. The zero-order chi connectivity index (χ0) is 76.3. The molecule has 5 rings (SSSR count). The summed E-state index contributed by atoms with van der Waals surface area (Å²) in [4.78, 5) is 193. The summed E-state index contributed by atoms with van der Waals surface area (Å²) >= 11 is 0. The molecule has 2 heterocycles. The number of aliphatic hydroxyl groups is 2. The topological polar surface area (TPSA) is 596 Å². The van der Waals surface area contributed by atoms with Gasteiger partial charge in [0.2, 0.25) is 70.9 Å². The van der Waals surface area contributed by atoms with Crippen molar-refractivity contribution in [3.05, 3.63) is 120 Å². The van der Waals surface area contributed by atoms with E-state index in [-0.39, 0.29) is 81.7 Å². The van der Waals surface area contributed by atoms with Gasteiger partial charge in [0.1, 0.15) is 66.2 Å². The van der Waals surface area contributed by atoms with E-state index in [9.17, 15) is 82.8 Å². The van der Waals surface area contributed by atoms with Crippen molar-refractivity contribution in [2.75, 3.05) is 32.8 Å². The maximum absolute atomic E-state index is 15.0. The molecule has 0 fully saturated rings. The van der Waals surface area contributed by atoms with E-state index in [2.05, 4.69) is 78.4 Å². The minimum absolute atomic E-state index is 0.0354. The van der Waals surface area contributed by atoms with Gasteiger partial charge in [0.25, 0.3) is 0 Å². The molecule has 0 spiro atoms. The molecule has 0 saturated carbocycles. The highest BCUT2D eigenvalue weighted by Gasteiger charge is 2.37. The fourth-order valence-corrected chi connectivity index (χ4v) is 10.8. The number of carboxylic acids is 1. The van der Waals surface area contributed by atoms with Gasteiger partial charge in [-0.05, 0) is 86.4 Å². The third-order valence-corrected chi connectivity index (χ3v) is 16.3. The number of rotatable bonds is 46. The number of carboxylic acid groups (broad SMARTS) is 1. The molecule has 104 heavy (non-hydrogen) atoms. The van der Waals surface area contributed by atoms with Gasteiger partial charge in [0.05, 0.1) is 26.1 Å². The number of amides is 12. The third kappa shape index (κ3) is 28.5. The summed E-state index contributed by atoms with van der Waals surface area (Å²) in [7, 11) is 0. The number of nitrogens with one attached hydrogen (secondary N) is 13. The molecular formula is C68H95N19O17. The first-order chi connectivity index (χ1) is 49.7. The van der Waals surface area contributed by atoms with Gasteiger partial charge in [-0.25, -0.2) is 4.98 Å². The van der Waals surface area contributed by atoms with Crippen LogP contribution in [-0.2, 0) is 88.0 Å². The molecule has 36 nitrogen and oxygen atoms in total. The normalized spacial score (nSPS) is 13.9. The number of aliphatic imine (C=N–C) groups is 1. The summed E-state index contributed by atoms with van der Waals surface area (Å²) in [5.41, 5.74) is 24.8. The number of imidazole rings is 1. The van der Waals surface area contributed by atoms with Crippen molar-refractivity contribution in [3.63, 3.8) is 0 Å². The number of benzene rings is 3. The summed E-state index contributed by atoms with van der Waals surface area (Å²) in [6.45, 7) is 0.567. The van der Waals surface area contributed by atoms with Gasteiger partial charge in [-0.1, -0.05) is 80.4 Å². The van der Waals surface area contributed by atoms with E-state index >= 15 is 0 Å². The van der Waals surface area contributed by atoms with Crippen LogP contribution >= 0.6 is 0 Å². The number of para-hydroxylation sites is 1. The molecule has 0 saturated heterocycles. The van der Waals surface area contributed by atoms with Crippen molar-refractivity contribution < 1.29 is 82.8 Å². The van der Waals surface area contributed by atoms with E-state index in [0.29, 0.717) is 53.4 Å². The highest BCUT2D eigenvalue weighted by atomic mass is 16.4. The molecule has 12 amide bonds. The lowest BCUT2D eigenvalue weighted by molar-refractivity contribution is -0.139. The Morgan fingerprint density at radius 1 is 0.510 bits per heavy atom. The second-order valence-corrected chi connectivity index (χ2v) is 24.6. The predicted octanol–water partition coefficient (Wildman–Crippen LogP) is -4.44. The van der Waals surface area contributed by atoms with E-state index in [0.717, 1.165) is 6.92 Å². The number of aliphatic hydroxyl groups excluding tert-OH is 2. The number of aliphatic carboxylic acids is 1. The maximum Gasteiger partial charge on any atom is 0.303 e. The molecule has 0 radical (unpaired) electrons. The molecule has 0 aliphatic carbocycles. The molecule has 0 aliphatic rings. The second kappa shape index (κ2) is 43.3. The number of hydrogen-bond donors (Lipinski definition) is 21. The molecule has 3 aromatic carbocycles. The van der Waals surface area contributed by atoms with Crippen LogP contribution in [-0.4, -0.2) is 211 Å². The minimum atomic E-state index is -1.81. The molecule has 25 N–H and O–H groups in total. The van der Waals surface area contributed by atoms with Gasteiger partial charge in [-0.2, -0.15) is 0 Å². The van der Waals surface area contributed by atoms with Crippen LogP contribution in [0, 0.1) is 0 Å². The standard InChI is InChI=1S/C68H95N19O17/c1-3-4-16-47(81-67(104)55(36-89)87-64(101)51(29-40-20-22-43(91)23-21-40)84-66(103)54(35-88)78-38(2)90)60(97)82-49(24-25-57(93)94)62(99)86-53(31-42-33-73-37-77-42)65(102)83-50(28-39-13-6-5-7-14-39)63(100)80-48(19-12-27-74-68(71)72)61(98)85-52(30-41-32-75-45-17-9-8-15-44(41)45)59(96)76-34-56(92)79-46(58(70)95)18-10-11-26-69/h5-9,13-15,17,20-23,32-33,37,46-55,75,88-89,91H,3-4,10-12,16,18-19,24-31,34-36,69H2,1-2H3,(H2,70,95)(H,73,77)(H,76,96)(H,78,90)(H,79,92)(H,80,100)(H,81,104)(H,82,97)(H,83,102)(H,84,103)(H,85,98)(H,86,99)(H,87,101)(H,93,94)(H4,71,72,74)/t46-,47-,48-,49-,50+,51-,52-,53-,54-,55-/m0/s1. The fourth-order valence-electron chi connectivity index (χ4n) is 10.8. The van der Waals surface area contributed by atoms with Crippen LogP contribution < -0.4 is 81.4 Å². The number of carbonyl (C=O) groups excluding carboxylic acids is 12. The third-order valence-electron chi connectivity index (χ3n) is 16.3. The quantitative estimate of drug-likeness (QED) is 0.00993. The van der Waals surface area contributed by atoms with Crippen molar-refractivity contribution in [1.29, 1.82) is 0 Å². The Bertz CT molecular complexity index is 3720. The van der Waals surface area contributed by atoms with Crippen LogP contribution in [0.4, 0.5) is 0 Å². The number of nitrogens with two attached hydrogens (primary N) is 4. The predicted molar refractivity (Wildman–Crippen MR) is 377 cm³/mol. The SMILES string of the molecule is CCCC[C@H](NC(=O)[C@H](CO)NC(=O)[C@H](Cc1ccc(O)cc1)NC(=O)[C@H](CO)NC(C)=O)C(=O)N[C@@H](CCC(=O)O)C(=O)N[C@@H](Cc1cnc[nH]1)C(=O)N[C@H](Cc1ccccc1)C(=O)N[C@@H](CCCN=C(N)N)C(=O)N[C@@H](Cc1c[nH]c2ccccc12)C(=O)NCC(=O)N[C@@H](CCCCN)C(N)=O. The number of phenolic OH excluding ortho intramolecular Hbond substituents is 1. The Morgan fingerprint density at radius 2 is 0.990 bits per heavy atom. The van der Waals surface area contributed by atoms with E-state index in [1.165, 1.54) is 36.8 Å². The number of primary amides is 1. The van der Waals surface area contributed by atoms with Gasteiger partial charge >= 0.3 is 5.97 Å². The van der Waals surface area contributed by atoms with Crippen molar-refractivity contribution in [2.45, 2.75) is 164 Å². The Balaban J connectivity index is 1.42. The van der Waals surface area contributed by atoms with Crippen LogP contribution in [0.15, 0.2) is 103 Å². The minimum Gasteiger partial charge on any atom is -0.508 e. The second-order valence-electron chi connectivity index (χ2n) is 24.6. The molecule has 0 bridgehead atoms. The lowest BCUT2D eigenvalue weighted by Crippen LogP contribution is -2.61. The average molecular weight is 1450 g/mol. The van der Waals surface area contributed by atoms with Crippen LogP contribution in [0.25, 0.3) is 10.9 Å². The Morgan fingerprint density at radius 3 is 1.51 bits per heavy atom. The molecule has 2 aromatic heterocycles. The smallest absolute Gasteiger partial charge is 0.303 e. The van der Waals surface area contributed by atoms with Gasteiger partial charge < -0.3 is 112 Å². The van der Waals surface area contributed by atoms with E-state index in [1.54, 1.807) is 67.7 Å². The number of hydrogen-bond acceptors (Lipinski definition) is 19. The molecule has 0 unspecified atom stereocenters. The number of nitrogens with zero attached hydrogens (tertiary/aromatic N) is 2. The number of aromatic nitrogens is 3. The van der Waals surface area contributed by atoms with Crippen molar-refractivity contribution in [2.24, 2.45) is 27.9 Å². The lowest BCUT2D eigenvalue weighted by atomic mass is 10.0. The summed E-state index contributed by atoms with van der Waals surface area (Å²) < 4.78 is 0. The molecule has 36 heteroatoms. The van der Waals surface area contributed by atoms with Crippen LogP contribution in [0.5, 0.6) is 5.75 Å². The van der Waals surface area contributed by atoms with Crippen LogP contribution in [0.1, 0.15) is 100 Å². The zero-order valence-corrected chi connectivity index (χ0v) is 57.7. The monoisotopic (exact) mass is 1450 g/mol. The molecular weight excluding hydrogens is 1350 g/mol. The lowest BCUT2D eigenvalue weighted by Gasteiger charge is -2.28. The summed E-state index contributed by atoms with van der Waals surface area (Å²) in [5.74, 6) is -13.1. The molecule has 10 atom stereocenters. The summed E-state index contributed by atoms with van der Waals surface area (Å²) in [6.07, 6.45) is 3.58. The number of guanidine groups is 1. The number of carbonyl (C=O) groups is 13. The van der Waals surface area contributed by atoms with Gasteiger partial charge in [0, 0.05) is 74.6 Å². The first-order valence-corrected chi connectivity index (χ1v) is 33.8. The number of aromatic amines is 2. The number of aromatic hydroxyl groups is 1. The van der Waals surface area contributed by atoms with E-state index in [1.807, 2.05) is 0 Å². The highest BCUT2D eigenvalue weighted by Crippen LogP contribution is 2.20. The first kappa shape index (κ1) is 83.1. The fraction of sp³-hybridized carbons (Fsp3) is 0.456. The molecule has 5 aromatic rings. The molecule has 564 valence electrons. The van der Waals surface area contributed by atoms with Gasteiger partial charge in [-0.3, -0.25) is 67.3 Å². The average Bonchev–Trinajstić information content (AvgIpc) is 1.65. The van der Waals surface area contributed by atoms with E-state index < -0.39 is 170 Å². The number of unbranched alkanes of at least 4 members (excludes halogenated alkanes) is 2. The van der Waals surface area contributed by atoms with Gasteiger partial charge in [0.15, 0.2) is 5.96 Å². The number of H-pyrrole nitrogens is 2. The van der Waals surface area contributed by atoms with Crippen molar-refractivity contribution in [3.8, 4) is 5.75 Å². The summed E-state index contributed by atoms with van der Waals surface area (Å²) in [6, 6.07) is 5.54. The zero-order valence-electron chi connectivity index (χ0n) is 57.7. The summed E-state index contributed by atoms with van der Waals surface area (Å²) in [5, 5.41) is 68.4. The Labute approximate surface area is 598 Å². The first-order valence-electron chi connectivity index (χ1n) is 33.8. The largest absolute Gasteiger partial charge is 0.508 e. The Kier molecular flexibility index (Phi) is 34.6. The number of fused-ring (bicyclic) bond motifs is 1. The Hall–Kier alpha value is -11.5. The van der Waals surface area contributed by atoms with E-state index in [4.69, 9.17) is 22.9 Å². The van der Waals surface area contributed by atoms with Crippen molar-refractivity contribution in [1.82, 2.24) is 73.4 Å². The van der Waals surface area contributed by atoms with Crippen LogP contribution in [0.2, 0.25) is 0 Å². The maximum atomic E-state index is 15.0. The van der Waals surface area contributed by atoms with Crippen molar-refractivity contribution >= 4 is 93.7 Å². The van der Waals surface area contributed by atoms with Gasteiger partial charge in [-0.15, -0.1) is 0 Å². The van der Waals surface area contributed by atoms with Crippen LogP contribution in [0.3, 0.4) is 0 Å². The highest BCUT2D eigenvalue weighted by molar-refractivity contribution is 6.00.